The number of alkyl halides is 3. The van der Waals surface area contributed by atoms with E-state index in [1.807, 2.05) is 0 Å². The fourth-order valence-electron chi connectivity index (χ4n) is 1.88. The van der Waals surface area contributed by atoms with Crippen LogP contribution in [0.25, 0.3) is 0 Å². The van der Waals surface area contributed by atoms with Gasteiger partial charge in [0.2, 0.25) is 0 Å². The van der Waals surface area contributed by atoms with Crippen LogP contribution in [0.3, 0.4) is 0 Å². The van der Waals surface area contributed by atoms with Crippen LogP contribution >= 0.6 is 0 Å². The van der Waals surface area contributed by atoms with E-state index in [1.54, 1.807) is 0 Å². The molecule has 0 spiro atoms. The van der Waals surface area contributed by atoms with Gasteiger partial charge < -0.3 is 10.5 Å². The van der Waals surface area contributed by atoms with Crippen molar-refractivity contribution in [3.63, 3.8) is 0 Å². The van der Waals surface area contributed by atoms with Crippen LogP contribution in [-0.4, -0.2) is 25.4 Å². The quantitative estimate of drug-likeness (QED) is 0.797. The molecule has 2 N–H and O–H groups in total. The van der Waals surface area contributed by atoms with Crippen LogP contribution in [-0.2, 0) is 4.74 Å². The molecule has 1 heterocycles. The Labute approximate surface area is 88.0 Å². The Kier molecular flexibility index (Phi) is 4.86. The number of hydrogen-bond acceptors (Lipinski definition) is 2. The predicted molar refractivity (Wildman–Crippen MR) is 51.4 cm³/mol. The Morgan fingerprint density at radius 3 is 2.40 bits per heavy atom. The van der Waals surface area contributed by atoms with Crippen molar-refractivity contribution in [2.45, 2.75) is 44.3 Å². The lowest BCUT2D eigenvalue weighted by Gasteiger charge is -2.24. The number of hydrogen-bond donors (Lipinski definition) is 1. The highest BCUT2D eigenvalue weighted by molar-refractivity contribution is 4.72. The van der Waals surface area contributed by atoms with E-state index in [1.165, 1.54) is 0 Å². The Bertz CT molecular complexity index is 178. The summed E-state index contributed by atoms with van der Waals surface area (Å²) in [7, 11) is 0. The number of nitrogens with two attached hydrogens (primary N) is 1. The molecule has 1 rings (SSSR count). The molecular weight excluding hydrogens is 207 g/mol. The minimum absolute atomic E-state index is 0.0425. The van der Waals surface area contributed by atoms with Crippen molar-refractivity contribution in [3.8, 4) is 0 Å². The van der Waals surface area contributed by atoms with Crippen molar-refractivity contribution in [2.75, 3.05) is 13.2 Å². The second-order valence-electron chi connectivity index (χ2n) is 4.21. The van der Waals surface area contributed by atoms with E-state index in [4.69, 9.17) is 10.5 Å². The van der Waals surface area contributed by atoms with Gasteiger partial charge in [-0.2, -0.15) is 13.2 Å². The maximum Gasteiger partial charge on any atom is 0.389 e. The second-order valence-corrected chi connectivity index (χ2v) is 4.21. The molecule has 1 atom stereocenters. The van der Waals surface area contributed by atoms with Crippen molar-refractivity contribution >= 4 is 0 Å². The van der Waals surface area contributed by atoms with Crippen molar-refractivity contribution in [3.05, 3.63) is 0 Å². The maximum atomic E-state index is 11.9. The number of ether oxygens (including phenoxy) is 1. The van der Waals surface area contributed by atoms with Crippen molar-refractivity contribution in [1.82, 2.24) is 0 Å². The molecular formula is C10H18F3NO. The number of rotatable bonds is 4. The SMILES string of the molecule is NC(CCC(F)(F)F)CC1CCOCC1. The van der Waals surface area contributed by atoms with Crippen LogP contribution in [0, 0.1) is 5.92 Å². The first kappa shape index (κ1) is 12.8. The van der Waals surface area contributed by atoms with Crippen molar-refractivity contribution in [2.24, 2.45) is 11.7 Å². The average molecular weight is 225 g/mol. The number of halogens is 3. The lowest BCUT2D eigenvalue weighted by Crippen LogP contribution is -2.28. The standard InChI is InChI=1S/C10H18F3NO/c11-10(12,13)4-1-9(14)7-8-2-5-15-6-3-8/h8-9H,1-7,14H2. The van der Waals surface area contributed by atoms with Crippen molar-refractivity contribution < 1.29 is 17.9 Å². The Hall–Kier alpha value is -0.290. The van der Waals surface area contributed by atoms with E-state index < -0.39 is 12.6 Å². The molecule has 0 aliphatic carbocycles. The molecule has 1 aliphatic rings. The van der Waals surface area contributed by atoms with Crippen LogP contribution in [0.15, 0.2) is 0 Å². The van der Waals surface area contributed by atoms with Crippen LogP contribution in [0.1, 0.15) is 32.1 Å². The monoisotopic (exact) mass is 225 g/mol. The molecule has 0 radical (unpaired) electrons. The van der Waals surface area contributed by atoms with Crippen LogP contribution < -0.4 is 5.73 Å². The van der Waals surface area contributed by atoms with E-state index in [0.717, 1.165) is 26.1 Å². The second kappa shape index (κ2) is 5.70. The minimum Gasteiger partial charge on any atom is -0.381 e. The summed E-state index contributed by atoms with van der Waals surface area (Å²) in [5.74, 6) is 0.446. The molecule has 0 amide bonds. The van der Waals surface area contributed by atoms with E-state index in [2.05, 4.69) is 0 Å². The summed E-state index contributed by atoms with van der Waals surface area (Å²) >= 11 is 0. The third-order valence-electron chi connectivity index (χ3n) is 2.78. The highest BCUT2D eigenvalue weighted by Crippen LogP contribution is 2.25. The molecule has 1 fully saturated rings. The first-order valence-electron chi connectivity index (χ1n) is 5.37. The molecule has 1 saturated heterocycles. The summed E-state index contributed by atoms with van der Waals surface area (Å²) in [6.07, 6.45) is -2.25. The topological polar surface area (TPSA) is 35.2 Å². The Balaban J connectivity index is 2.14. The molecule has 5 heteroatoms. The summed E-state index contributed by atoms with van der Waals surface area (Å²) in [6, 6.07) is -0.324. The van der Waals surface area contributed by atoms with E-state index >= 15 is 0 Å². The summed E-state index contributed by atoms with van der Waals surface area (Å²) in [5.41, 5.74) is 5.67. The third-order valence-corrected chi connectivity index (χ3v) is 2.78. The lowest BCUT2D eigenvalue weighted by atomic mass is 9.91. The zero-order valence-corrected chi connectivity index (χ0v) is 8.72. The molecule has 0 aromatic carbocycles. The normalized spacial score (nSPS) is 21.6. The highest BCUT2D eigenvalue weighted by Gasteiger charge is 2.28. The minimum atomic E-state index is -4.08. The molecule has 0 bridgehead atoms. The van der Waals surface area contributed by atoms with E-state index in [9.17, 15) is 13.2 Å². The summed E-state index contributed by atoms with van der Waals surface area (Å²) in [6.45, 7) is 1.44. The van der Waals surface area contributed by atoms with Gasteiger partial charge in [-0.1, -0.05) is 0 Å². The van der Waals surface area contributed by atoms with Crippen molar-refractivity contribution in [1.29, 1.82) is 0 Å². The molecule has 1 unspecified atom stereocenters. The molecule has 15 heavy (non-hydrogen) atoms. The predicted octanol–water partition coefficient (Wildman–Crippen LogP) is 2.47. The van der Waals surface area contributed by atoms with Gasteiger partial charge in [-0.3, -0.25) is 0 Å². The first-order chi connectivity index (χ1) is 6.97. The van der Waals surface area contributed by atoms with Gasteiger partial charge in [0.05, 0.1) is 0 Å². The summed E-state index contributed by atoms with van der Waals surface area (Å²) in [4.78, 5) is 0. The van der Waals surface area contributed by atoms with Crippen LogP contribution in [0.5, 0.6) is 0 Å². The summed E-state index contributed by atoms with van der Waals surface area (Å²) < 4.78 is 40.9. The molecule has 0 aromatic heterocycles. The maximum absolute atomic E-state index is 11.9. The third kappa shape index (κ3) is 5.99. The van der Waals surface area contributed by atoms with Gasteiger partial charge in [0.1, 0.15) is 0 Å². The fraction of sp³-hybridized carbons (Fsp3) is 1.00. The highest BCUT2D eigenvalue weighted by atomic mass is 19.4. The molecule has 0 aromatic rings. The van der Waals surface area contributed by atoms with Gasteiger partial charge in [-0.05, 0) is 31.6 Å². The van der Waals surface area contributed by atoms with E-state index in [-0.39, 0.29) is 12.5 Å². The van der Waals surface area contributed by atoms with Gasteiger partial charge in [-0.15, -0.1) is 0 Å². The Morgan fingerprint density at radius 1 is 1.27 bits per heavy atom. The zero-order chi connectivity index (χ0) is 11.3. The fourth-order valence-corrected chi connectivity index (χ4v) is 1.88. The van der Waals surface area contributed by atoms with Crippen LogP contribution in [0.4, 0.5) is 13.2 Å². The molecule has 0 saturated carbocycles. The summed E-state index contributed by atoms with van der Waals surface area (Å²) in [5, 5.41) is 0. The van der Waals surface area contributed by atoms with Gasteiger partial charge >= 0.3 is 6.18 Å². The van der Waals surface area contributed by atoms with E-state index in [0.29, 0.717) is 12.3 Å². The first-order valence-corrected chi connectivity index (χ1v) is 5.37. The van der Waals surface area contributed by atoms with Gasteiger partial charge in [0.15, 0.2) is 0 Å². The molecule has 90 valence electrons. The zero-order valence-electron chi connectivity index (χ0n) is 8.72. The molecule has 1 aliphatic heterocycles. The largest absolute Gasteiger partial charge is 0.389 e. The molecule has 2 nitrogen and oxygen atoms in total. The van der Waals surface area contributed by atoms with Crippen LogP contribution in [0.2, 0.25) is 0 Å². The lowest BCUT2D eigenvalue weighted by molar-refractivity contribution is -0.136. The van der Waals surface area contributed by atoms with Gasteiger partial charge in [0.25, 0.3) is 0 Å². The average Bonchev–Trinajstić information content (AvgIpc) is 2.15. The smallest absolute Gasteiger partial charge is 0.381 e. The van der Waals surface area contributed by atoms with Gasteiger partial charge in [-0.25, -0.2) is 0 Å². The van der Waals surface area contributed by atoms with Gasteiger partial charge in [0, 0.05) is 25.7 Å². The Morgan fingerprint density at radius 2 is 1.87 bits per heavy atom.